The van der Waals surface area contributed by atoms with E-state index in [9.17, 15) is 4.39 Å². The largest absolute Gasteiger partial charge is 0.380 e. The first kappa shape index (κ1) is 14.3. The lowest BCUT2D eigenvalue weighted by molar-refractivity contribution is 0.619. The maximum Gasteiger partial charge on any atom is 0.137 e. The van der Waals surface area contributed by atoms with E-state index in [2.05, 4.69) is 26.2 Å². The molecule has 3 rings (SSSR count). The molecule has 0 aliphatic carbocycles. The van der Waals surface area contributed by atoms with Crippen molar-refractivity contribution in [1.82, 2.24) is 4.98 Å². The van der Waals surface area contributed by atoms with Gasteiger partial charge in [-0.3, -0.25) is 4.98 Å². The summed E-state index contributed by atoms with van der Waals surface area (Å²) in [7, 11) is 0. The van der Waals surface area contributed by atoms with Crippen molar-refractivity contribution in [3.63, 3.8) is 0 Å². The molecule has 0 unspecified atom stereocenters. The highest BCUT2D eigenvalue weighted by Gasteiger charge is 2.06. The quantitative estimate of drug-likeness (QED) is 0.672. The van der Waals surface area contributed by atoms with Crippen LogP contribution in [-0.2, 0) is 6.54 Å². The van der Waals surface area contributed by atoms with E-state index in [0.29, 0.717) is 16.0 Å². The van der Waals surface area contributed by atoms with Crippen LogP contribution in [0, 0.1) is 5.82 Å². The molecule has 0 fully saturated rings. The average Bonchev–Trinajstić information content (AvgIpc) is 2.50. The maximum absolute atomic E-state index is 13.5. The van der Waals surface area contributed by atoms with Crippen LogP contribution < -0.4 is 5.32 Å². The summed E-state index contributed by atoms with van der Waals surface area (Å²) < 4.78 is 14.0. The van der Waals surface area contributed by atoms with Crippen molar-refractivity contribution in [1.29, 1.82) is 0 Å². The molecule has 0 aliphatic rings. The zero-order valence-corrected chi connectivity index (χ0v) is 13.2. The van der Waals surface area contributed by atoms with E-state index in [1.54, 1.807) is 18.3 Å². The molecule has 1 aromatic heterocycles. The molecule has 1 heterocycles. The van der Waals surface area contributed by atoms with Gasteiger partial charge in [0.05, 0.1) is 15.0 Å². The highest BCUT2D eigenvalue weighted by atomic mass is 79.9. The second-order valence-electron chi connectivity index (χ2n) is 4.60. The molecule has 0 spiro atoms. The Morgan fingerprint density at radius 3 is 2.86 bits per heavy atom. The Balaban J connectivity index is 1.88. The maximum atomic E-state index is 13.5. The van der Waals surface area contributed by atoms with Crippen molar-refractivity contribution in [2.24, 2.45) is 0 Å². The lowest BCUT2D eigenvalue weighted by Crippen LogP contribution is -2.01. The van der Waals surface area contributed by atoms with Crippen LogP contribution in [0.4, 0.5) is 10.1 Å². The average molecular weight is 366 g/mol. The van der Waals surface area contributed by atoms with E-state index in [0.717, 1.165) is 22.2 Å². The van der Waals surface area contributed by atoms with Gasteiger partial charge in [0.25, 0.3) is 0 Å². The Hall–Kier alpha value is -1.65. The van der Waals surface area contributed by atoms with Gasteiger partial charge in [-0.15, -0.1) is 0 Å². The van der Waals surface area contributed by atoms with Crippen LogP contribution in [0.3, 0.4) is 0 Å². The van der Waals surface area contributed by atoms with Crippen molar-refractivity contribution in [2.75, 3.05) is 5.32 Å². The zero-order valence-electron chi connectivity index (χ0n) is 10.9. The zero-order chi connectivity index (χ0) is 14.8. The van der Waals surface area contributed by atoms with Crippen molar-refractivity contribution in [2.45, 2.75) is 6.54 Å². The third-order valence-corrected chi connectivity index (χ3v) is 4.14. The highest BCUT2D eigenvalue weighted by Crippen LogP contribution is 2.28. The van der Waals surface area contributed by atoms with Gasteiger partial charge < -0.3 is 5.32 Å². The predicted octanol–water partition coefficient (Wildman–Crippen LogP) is 5.40. The summed E-state index contributed by atoms with van der Waals surface area (Å²) in [6.45, 7) is 0.524. The summed E-state index contributed by atoms with van der Waals surface area (Å²) in [4.78, 5) is 4.28. The molecule has 0 bridgehead atoms. The normalized spacial score (nSPS) is 10.8. The second kappa shape index (κ2) is 6.00. The van der Waals surface area contributed by atoms with Crippen LogP contribution >= 0.6 is 27.5 Å². The Labute approximate surface area is 135 Å². The Kier molecular flexibility index (Phi) is 4.08. The smallest absolute Gasteiger partial charge is 0.137 e. The summed E-state index contributed by atoms with van der Waals surface area (Å²) in [5, 5.41) is 4.86. The van der Waals surface area contributed by atoms with Gasteiger partial charge in [0, 0.05) is 23.8 Å². The molecule has 2 aromatic carbocycles. The fourth-order valence-electron chi connectivity index (χ4n) is 2.14. The number of hydrogen-bond acceptors (Lipinski definition) is 2. The van der Waals surface area contributed by atoms with Crippen LogP contribution in [0.15, 0.2) is 53.1 Å². The molecule has 106 valence electrons. The molecule has 0 saturated carbocycles. The molecular formula is C16H11BrClFN2. The molecule has 0 saturated heterocycles. The minimum atomic E-state index is -0.267. The number of hydrogen-bond donors (Lipinski definition) is 1. The lowest BCUT2D eigenvalue weighted by atomic mass is 10.1. The Morgan fingerprint density at radius 2 is 2.05 bits per heavy atom. The number of rotatable bonds is 3. The number of halogens is 3. The summed E-state index contributed by atoms with van der Waals surface area (Å²) >= 11 is 9.29. The minimum absolute atomic E-state index is 0.267. The van der Waals surface area contributed by atoms with Crippen LogP contribution in [0.25, 0.3) is 10.9 Å². The molecule has 0 radical (unpaired) electrons. The van der Waals surface area contributed by atoms with Gasteiger partial charge in [0.15, 0.2) is 0 Å². The monoisotopic (exact) mass is 364 g/mol. The van der Waals surface area contributed by atoms with E-state index < -0.39 is 0 Å². The predicted molar refractivity (Wildman–Crippen MR) is 88.2 cm³/mol. The van der Waals surface area contributed by atoms with E-state index in [-0.39, 0.29) is 5.82 Å². The summed E-state index contributed by atoms with van der Waals surface area (Å²) in [6.07, 6.45) is 1.71. The number of anilines is 1. The van der Waals surface area contributed by atoms with Crippen molar-refractivity contribution in [3.8, 4) is 0 Å². The van der Waals surface area contributed by atoms with Gasteiger partial charge in [-0.2, -0.15) is 0 Å². The third-order valence-electron chi connectivity index (χ3n) is 3.19. The lowest BCUT2D eigenvalue weighted by Gasteiger charge is -2.10. The molecule has 21 heavy (non-hydrogen) atoms. The van der Waals surface area contributed by atoms with E-state index in [1.165, 1.54) is 6.07 Å². The summed E-state index contributed by atoms with van der Waals surface area (Å²) in [6, 6.07) is 12.6. The van der Waals surface area contributed by atoms with Crippen LogP contribution in [0.2, 0.25) is 5.02 Å². The molecule has 0 atom stereocenters. The first-order chi connectivity index (χ1) is 10.1. The third kappa shape index (κ3) is 3.01. The summed E-state index contributed by atoms with van der Waals surface area (Å²) in [5.74, 6) is -0.267. The Morgan fingerprint density at radius 1 is 1.19 bits per heavy atom. The molecular weight excluding hydrogens is 355 g/mol. The van der Waals surface area contributed by atoms with Crippen molar-refractivity contribution < 1.29 is 4.39 Å². The number of nitrogens with zero attached hydrogens (tertiary/aromatic N) is 1. The van der Waals surface area contributed by atoms with Gasteiger partial charge in [-0.1, -0.05) is 17.7 Å². The number of benzene rings is 2. The van der Waals surface area contributed by atoms with Crippen LogP contribution in [-0.4, -0.2) is 4.98 Å². The fraction of sp³-hybridized carbons (Fsp3) is 0.0625. The van der Waals surface area contributed by atoms with Gasteiger partial charge in [0.2, 0.25) is 0 Å². The first-order valence-corrected chi connectivity index (χ1v) is 7.53. The molecule has 1 N–H and O–H groups in total. The number of aromatic nitrogens is 1. The van der Waals surface area contributed by atoms with Gasteiger partial charge in [0.1, 0.15) is 5.82 Å². The molecule has 0 aliphatic heterocycles. The Bertz CT molecular complexity index is 807. The topological polar surface area (TPSA) is 24.9 Å². The van der Waals surface area contributed by atoms with Crippen LogP contribution in [0.5, 0.6) is 0 Å². The first-order valence-electron chi connectivity index (χ1n) is 6.36. The molecule has 3 aromatic rings. The molecule has 2 nitrogen and oxygen atoms in total. The SMILES string of the molecule is Fc1cc(CNc2ccc(Cl)c3ncccc23)ccc1Br. The van der Waals surface area contributed by atoms with Crippen LogP contribution in [0.1, 0.15) is 5.56 Å². The van der Waals surface area contributed by atoms with Crippen molar-refractivity contribution >= 4 is 44.1 Å². The number of nitrogens with one attached hydrogen (secondary N) is 1. The van der Waals surface area contributed by atoms with E-state index in [4.69, 9.17) is 11.6 Å². The second-order valence-corrected chi connectivity index (χ2v) is 5.86. The minimum Gasteiger partial charge on any atom is -0.380 e. The summed E-state index contributed by atoms with van der Waals surface area (Å²) in [5.41, 5.74) is 2.54. The molecule has 5 heteroatoms. The standard InChI is InChI=1S/C16H11BrClFN2/c17-12-4-3-10(8-14(12)19)9-21-15-6-5-13(18)16-11(15)2-1-7-20-16/h1-8,21H,9H2. The fourth-order valence-corrected chi connectivity index (χ4v) is 2.60. The van der Waals surface area contributed by atoms with Crippen molar-refractivity contribution in [3.05, 3.63) is 69.5 Å². The number of fused-ring (bicyclic) bond motifs is 1. The molecule has 0 amide bonds. The van der Waals surface area contributed by atoms with Gasteiger partial charge in [-0.25, -0.2) is 4.39 Å². The number of pyridine rings is 1. The van der Waals surface area contributed by atoms with E-state index in [1.807, 2.05) is 24.3 Å². The van der Waals surface area contributed by atoms with E-state index >= 15 is 0 Å². The van der Waals surface area contributed by atoms with Gasteiger partial charge in [-0.05, 0) is 57.9 Å². The van der Waals surface area contributed by atoms with Gasteiger partial charge >= 0.3 is 0 Å². The highest BCUT2D eigenvalue weighted by molar-refractivity contribution is 9.10.